The molecule has 4 atom stereocenters. The van der Waals surface area contributed by atoms with Gasteiger partial charge in [0.2, 0.25) is 0 Å². The Hall–Kier alpha value is -0.240. The van der Waals surface area contributed by atoms with Gasteiger partial charge in [0, 0.05) is 5.75 Å². The Bertz CT molecular complexity index is 409. The molecule has 0 aromatic rings. The van der Waals surface area contributed by atoms with Crippen molar-refractivity contribution in [1.29, 1.82) is 0 Å². The van der Waals surface area contributed by atoms with E-state index in [1.165, 1.54) is 27.0 Å². The van der Waals surface area contributed by atoms with E-state index in [1.54, 1.807) is 12.2 Å². The van der Waals surface area contributed by atoms with E-state index in [-0.39, 0.29) is 6.61 Å². The largest absolute Gasteiger partial charge is 0.462 e. The molecule has 0 aliphatic carbocycles. The minimum Gasteiger partial charge on any atom is -0.462 e. The quantitative estimate of drug-likeness (QED) is 0.365. The number of esters is 1. The lowest BCUT2D eigenvalue weighted by Gasteiger charge is -2.44. The second kappa shape index (κ2) is 5.81. The molecular weight excluding hydrogens is 292 g/mol. The SMILES string of the molecule is C=CCSS[C@@]12CC=C[S@@](=O)[C@H]1C(=O)OC[C@H]2O. The van der Waals surface area contributed by atoms with Crippen LogP contribution in [0.25, 0.3) is 0 Å². The molecule has 2 heterocycles. The van der Waals surface area contributed by atoms with Gasteiger partial charge >= 0.3 is 5.97 Å². The molecule has 7 heteroatoms. The maximum atomic E-state index is 12.0. The molecule has 0 amide bonds. The Balaban J connectivity index is 2.29. The Morgan fingerprint density at radius 2 is 2.50 bits per heavy atom. The Morgan fingerprint density at radius 3 is 3.22 bits per heavy atom. The third-order valence-corrected chi connectivity index (χ3v) is 7.76. The van der Waals surface area contributed by atoms with Gasteiger partial charge in [0.25, 0.3) is 0 Å². The lowest BCUT2D eigenvalue weighted by atomic mass is 9.91. The van der Waals surface area contributed by atoms with Crippen LogP contribution in [0.5, 0.6) is 0 Å². The Morgan fingerprint density at radius 1 is 1.72 bits per heavy atom. The van der Waals surface area contributed by atoms with Crippen LogP contribution in [-0.4, -0.2) is 43.7 Å². The van der Waals surface area contributed by atoms with Crippen molar-refractivity contribution in [1.82, 2.24) is 0 Å². The number of hydrogen-bond acceptors (Lipinski definition) is 6. The van der Waals surface area contributed by atoms with Gasteiger partial charge in [-0.25, -0.2) is 0 Å². The van der Waals surface area contributed by atoms with Gasteiger partial charge in [0.1, 0.15) is 12.7 Å². The summed E-state index contributed by atoms with van der Waals surface area (Å²) in [7, 11) is 1.50. The van der Waals surface area contributed by atoms with E-state index in [0.717, 1.165) is 0 Å². The summed E-state index contributed by atoms with van der Waals surface area (Å²) in [6.45, 7) is 3.61. The van der Waals surface area contributed by atoms with Crippen molar-refractivity contribution < 1.29 is 18.8 Å². The predicted octanol–water partition coefficient (Wildman–Crippen LogP) is 1.24. The third-order valence-electron chi connectivity index (χ3n) is 2.90. The molecule has 2 rings (SSSR count). The standard InChI is InChI=1S/C11H14O4S3/c1-2-5-16-17-11-4-3-6-18(14)9(11)10(13)15-7-8(11)12/h2-3,6,8-9,12H,1,4-5,7H2/t8-,9+,11-,18-/m1/s1. The molecule has 0 spiro atoms. The Labute approximate surface area is 116 Å². The highest BCUT2D eigenvalue weighted by Gasteiger charge is 2.56. The summed E-state index contributed by atoms with van der Waals surface area (Å²) in [5, 5.41) is 10.9. The molecular formula is C11H14O4S3. The number of carbonyl (C=O) groups is 1. The number of carbonyl (C=O) groups excluding carboxylic acids is 1. The van der Waals surface area contributed by atoms with Crippen LogP contribution in [0.4, 0.5) is 0 Å². The van der Waals surface area contributed by atoms with Crippen LogP contribution in [0, 0.1) is 0 Å². The first-order valence-electron chi connectivity index (χ1n) is 5.44. The highest BCUT2D eigenvalue weighted by Crippen LogP contribution is 2.49. The minimum absolute atomic E-state index is 0.0258. The molecule has 2 aliphatic rings. The zero-order valence-electron chi connectivity index (χ0n) is 9.61. The lowest BCUT2D eigenvalue weighted by molar-refractivity contribution is -0.154. The van der Waals surface area contributed by atoms with Crippen LogP contribution >= 0.6 is 21.6 Å². The van der Waals surface area contributed by atoms with Crippen molar-refractivity contribution in [2.45, 2.75) is 22.5 Å². The van der Waals surface area contributed by atoms with E-state index in [4.69, 9.17) is 4.74 Å². The first-order chi connectivity index (χ1) is 8.62. The average Bonchev–Trinajstić information content (AvgIpc) is 2.35. The van der Waals surface area contributed by atoms with Gasteiger partial charge in [0.05, 0.1) is 15.5 Å². The smallest absolute Gasteiger partial charge is 0.323 e. The topological polar surface area (TPSA) is 63.6 Å². The highest BCUT2D eigenvalue weighted by atomic mass is 33.1. The van der Waals surface area contributed by atoms with Gasteiger partial charge in [0.15, 0.2) is 5.25 Å². The fourth-order valence-electron chi connectivity index (χ4n) is 2.02. The van der Waals surface area contributed by atoms with Crippen molar-refractivity contribution >= 4 is 38.4 Å². The van der Waals surface area contributed by atoms with Crippen molar-refractivity contribution in [3.8, 4) is 0 Å². The molecule has 1 saturated heterocycles. The summed E-state index contributed by atoms with van der Waals surface area (Å²) in [6.07, 6.45) is 3.26. The number of aliphatic hydroxyl groups excluding tert-OH is 1. The van der Waals surface area contributed by atoms with Crippen LogP contribution in [0.3, 0.4) is 0 Å². The van der Waals surface area contributed by atoms with Gasteiger partial charge in [-0.05, 0) is 11.8 Å². The zero-order chi connectivity index (χ0) is 13.2. The predicted molar refractivity (Wildman–Crippen MR) is 75.6 cm³/mol. The van der Waals surface area contributed by atoms with Gasteiger partial charge in [-0.15, -0.1) is 6.58 Å². The highest BCUT2D eigenvalue weighted by molar-refractivity contribution is 8.77. The summed E-state index contributed by atoms with van der Waals surface area (Å²) in [5.41, 5.74) is 0. The minimum atomic E-state index is -1.43. The molecule has 18 heavy (non-hydrogen) atoms. The second-order valence-electron chi connectivity index (χ2n) is 4.04. The molecule has 100 valence electrons. The molecule has 0 aromatic carbocycles. The van der Waals surface area contributed by atoms with Crippen LogP contribution in [0.2, 0.25) is 0 Å². The lowest BCUT2D eigenvalue weighted by Crippen LogP contribution is -2.61. The number of hydrogen-bond donors (Lipinski definition) is 1. The van der Waals surface area contributed by atoms with Gasteiger partial charge < -0.3 is 9.84 Å². The second-order valence-corrected chi connectivity index (χ2v) is 8.15. The fourth-order valence-corrected chi connectivity index (χ4v) is 6.86. The zero-order valence-corrected chi connectivity index (χ0v) is 12.1. The molecule has 0 radical (unpaired) electrons. The molecule has 0 bridgehead atoms. The van der Waals surface area contributed by atoms with E-state index in [2.05, 4.69) is 6.58 Å². The summed E-state index contributed by atoms with van der Waals surface area (Å²) in [6, 6.07) is 0. The molecule has 2 aliphatic heterocycles. The molecule has 1 N–H and O–H groups in total. The van der Waals surface area contributed by atoms with E-state index in [9.17, 15) is 14.1 Å². The van der Waals surface area contributed by atoms with E-state index in [0.29, 0.717) is 12.2 Å². The summed E-state index contributed by atoms with van der Waals surface area (Å²) in [5.74, 6) is 0.228. The van der Waals surface area contributed by atoms with E-state index in [1.807, 2.05) is 0 Å². The average molecular weight is 306 g/mol. The number of cyclic esters (lactones) is 1. The first kappa shape index (κ1) is 14.2. The van der Waals surface area contributed by atoms with Crippen molar-refractivity contribution in [3.05, 3.63) is 24.1 Å². The van der Waals surface area contributed by atoms with Crippen LogP contribution < -0.4 is 0 Å². The first-order valence-corrected chi connectivity index (χ1v) is 9.03. The van der Waals surface area contributed by atoms with E-state index < -0.39 is 32.9 Å². The monoisotopic (exact) mass is 306 g/mol. The molecule has 1 fully saturated rings. The van der Waals surface area contributed by atoms with Crippen molar-refractivity contribution in [2.24, 2.45) is 0 Å². The van der Waals surface area contributed by atoms with Gasteiger partial charge in [-0.3, -0.25) is 9.00 Å². The number of rotatable bonds is 4. The van der Waals surface area contributed by atoms with Gasteiger partial charge in [-0.2, -0.15) is 0 Å². The summed E-state index contributed by atoms with van der Waals surface area (Å²) < 4.78 is 16.1. The van der Waals surface area contributed by atoms with Crippen molar-refractivity contribution in [2.75, 3.05) is 12.4 Å². The summed E-state index contributed by atoms with van der Waals surface area (Å²) >= 11 is 0. The maximum Gasteiger partial charge on any atom is 0.323 e. The summed E-state index contributed by atoms with van der Waals surface area (Å²) in [4.78, 5) is 11.8. The molecule has 0 saturated carbocycles. The van der Waals surface area contributed by atoms with E-state index >= 15 is 0 Å². The van der Waals surface area contributed by atoms with Crippen molar-refractivity contribution in [3.63, 3.8) is 0 Å². The number of fused-ring (bicyclic) bond motifs is 1. The third kappa shape index (κ3) is 2.41. The molecule has 0 unspecified atom stereocenters. The molecule has 0 aromatic heterocycles. The normalized spacial score (nSPS) is 38.9. The number of allylic oxidation sites excluding steroid dienone is 1. The van der Waals surface area contributed by atoms with Crippen LogP contribution in [0.15, 0.2) is 24.1 Å². The number of ether oxygens (including phenoxy) is 1. The van der Waals surface area contributed by atoms with Gasteiger partial charge in [-0.1, -0.05) is 33.7 Å². The fraction of sp³-hybridized carbons (Fsp3) is 0.545. The van der Waals surface area contributed by atoms with Crippen LogP contribution in [0.1, 0.15) is 6.42 Å². The maximum absolute atomic E-state index is 12.0. The Kier molecular flexibility index (Phi) is 4.58. The molecule has 4 nitrogen and oxygen atoms in total. The number of aliphatic hydroxyl groups is 1. The van der Waals surface area contributed by atoms with Crippen LogP contribution in [-0.2, 0) is 20.3 Å².